The molecule has 0 aliphatic heterocycles. The van der Waals surface area contributed by atoms with Crippen LogP contribution in [-0.4, -0.2) is 4.98 Å². The molecule has 0 amide bonds. The zero-order valence-electron chi connectivity index (χ0n) is 10.4. The van der Waals surface area contributed by atoms with Crippen LogP contribution in [0.25, 0.3) is 10.2 Å². The Labute approximate surface area is 138 Å². The van der Waals surface area contributed by atoms with Gasteiger partial charge in [0, 0.05) is 9.50 Å². The lowest BCUT2D eigenvalue weighted by Gasteiger charge is -2.07. The molecule has 0 fully saturated rings. The van der Waals surface area contributed by atoms with E-state index < -0.39 is 0 Å². The fourth-order valence-electron chi connectivity index (χ4n) is 1.81. The molecule has 0 unspecified atom stereocenters. The number of rotatable bonds is 2. The number of nitrogens with zero attached hydrogens (tertiary/aromatic N) is 1. The normalized spacial score (nSPS) is 11.0. The third kappa shape index (κ3) is 2.79. The van der Waals surface area contributed by atoms with Crippen LogP contribution in [0.3, 0.4) is 0 Å². The van der Waals surface area contributed by atoms with Crippen LogP contribution >= 0.6 is 50.5 Å². The second kappa shape index (κ2) is 5.53. The van der Waals surface area contributed by atoms with Crippen LogP contribution in [-0.2, 0) is 0 Å². The Morgan fingerprint density at radius 3 is 2.75 bits per heavy atom. The van der Waals surface area contributed by atoms with Crippen molar-refractivity contribution in [3.63, 3.8) is 0 Å². The van der Waals surface area contributed by atoms with E-state index in [0.29, 0.717) is 10.0 Å². The average Bonchev–Trinajstić information content (AvgIpc) is 2.77. The zero-order chi connectivity index (χ0) is 14.3. The number of anilines is 2. The zero-order valence-corrected chi connectivity index (χ0v) is 14.3. The van der Waals surface area contributed by atoms with E-state index in [9.17, 15) is 0 Å². The van der Waals surface area contributed by atoms with Crippen molar-refractivity contribution < 1.29 is 0 Å². The average molecular weight is 388 g/mol. The van der Waals surface area contributed by atoms with Gasteiger partial charge < -0.3 is 5.32 Å². The molecule has 6 heteroatoms. The maximum atomic E-state index is 6.22. The molecule has 3 rings (SSSR count). The molecule has 1 heterocycles. The number of hydrogen-bond acceptors (Lipinski definition) is 3. The van der Waals surface area contributed by atoms with E-state index in [4.69, 9.17) is 23.2 Å². The predicted molar refractivity (Wildman–Crippen MR) is 91.8 cm³/mol. The summed E-state index contributed by atoms with van der Waals surface area (Å²) in [4.78, 5) is 4.54. The van der Waals surface area contributed by atoms with Crippen molar-refractivity contribution in [3.05, 3.63) is 50.4 Å². The minimum absolute atomic E-state index is 0.632. The Morgan fingerprint density at radius 2 is 1.95 bits per heavy atom. The van der Waals surface area contributed by atoms with Crippen LogP contribution in [0.4, 0.5) is 10.8 Å². The fraction of sp³-hybridized carbons (Fsp3) is 0.0714. The van der Waals surface area contributed by atoms with Crippen LogP contribution in [0.15, 0.2) is 34.8 Å². The van der Waals surface area contributed by atoms with Crippen LogP contribution in [0.5, 0.6) is 0 Å². The Hall–Kier alpha value is -0.810. The van der Waals surface area contributed by atoms with Gasteiger partial charge in [-0.25, -0.2) is 4.98 Å². The Morgan fingerprint density at radius 1 is 1.15 bits per heavy atom. The lowest BCUT2D eigenvalue weighted by Crippen LogP contribution is -1.91. The summed E-state index contributed by atoms with van der Waals surface area (Å²) in [6.45, 7) is 1.92. The molecule has 0 saturated heterocycles. The van der Waals surface area contributed by atoms with Crippen molar-refractivity contribution in [2.24, 2.45) is 0 Å². The highest BCUT2D eigenvalue weighted by Gasteiger charge is 2.08. The van der Waals surface area contributed by atoms with Gasteiger partial charge in [-0.05, 0) is 42.8 Å². The molecule has 0 radical (unpaired) electrons. The summed E-state index contributed by atoms with van der Waals surface area (Å²) >= 11 is 17.4. The van der Waals surface area contributed by atoms with Gasteiger partial charge in [-0.3, -0.25) is 0 Å². The van der Waals surface area contributed by atoms with Crippen molar-refractivity contribution in [1.29, 1.82) is 0 Å². The first-order valence-corrected chi connectivity index (χ1v) is 8.18. The summed E-state index contributed by atoms with van der Waals surface area (Å²) in [5.41, 5.74) is 2.66. The standard InChI is InChI=1S/C14H9BrCl2N2S/c1-7-4-10(17)11(6-9(7)16)18-14-19-12-5-8(15)2-3-13(12)20-14/h2-6H,1H3,(H,18,19). The van der Waals surface area contributed by atoms with Crippen molar-refractivity contribution in [2.75, 3.05) is 5.32 Å². The minimum Gasteiger partial charge on any atom is -0.330 e. The molecule has 102 valence electrons. The number of fused-ring (bicyclic) bond motifs is 1. The van der Waals surface area contributed by atoms with E-state index in [-0.39, 0.29) is 0 Å². The van der Waals surface area contributed by atoms with Gasteiger partial charge in [-0.1, -0.05) is 50.5 Å². The van der Waals surface area contributed by atoms with E-state index in [0.717, 1.165) is 31.1 Å². The fourth-order valence-corrected chi connectivity index (χ4v) is 3.45. The predicted octanol–water partition coefficient (Wildman–Crippen LogP) is 6.42. The van der Waals surface area contributed by atoms with Gasteiger partial charge >= 0.3 is 0 Å². The van der Waals surface area contributed by atoms with E-state index in [2.05, 4.69) is 26.2 Å². The molecule has 0 saturated carbocycles. The van der Waals surface area contributed by atoms with E-state index in [1.165, 1.54) is 0 Å². The summed E-state index contributed by atoms with van der Waals surface area (Å²) in [6.07, 6.45) is 0. The van der Waals surface area contributed by atoms with Gasteiger partial charge in [-0.2, -0.15) is 0 Å². The summed E-state index contributed by atoms with van der Waals surface area (Å²) < 4.78 is 2.13. The molecule has 2 nitrogen and oxygen atoms in total. The highest BCUT2D eigenvalue weighted by Crippen LogP contribution is 2.34. The summed E-state index contributed by atoms with van der Waals surface area (Å²) in [7, 11) is 0. The first-order chi connectivity index (χ1) is 9.52. The summed E-state index contributed by atoms with van der Waals surface area (Å²) in [6, 6.07) is 9.68. The topological polar surface area (TPSA) is 24.9 Å². The quantitative estimate of drug-likeness (QED) is 0.548. The second-order valence-electron chi connectivity index (χ2n) is 4.34. The summed E-state index contributed by atoms with van der Waals surface area (Å²) in [5, 5.41) is 5.33. The highest BCUT2D eigenvalue weighted by molar-refractivity contribution is 9.10. The van der Waals surface area contributed by atoms with Gasteiger partial charge in [0.15, 0.2) is 5.13 Å². The van der Waals surface area contributed by atoms with Crippen LogP contribution in [0, 0.1) is 6.92 Å². The molecule has 1 N–H and O–H groups in total. The number of hydrogen-bond donors (Lipinski definition) is 1. The molecule has 20 heavy (non-hydrogen) atoms. The largest absolute Gasteiger partial charge is 0.330 e. The minimum atomic E-state index is 0.632. The number of aromatic nitrogens is 1. The van der Waals surface area contributed by atoms with Gasteiger partial charge in [-0.15, -0.1) is 0 Å². The van der Waals surface area contributed by atoms with Crippen LogP contribution < -0.4 is 5.32 Å². The number of benzene rings is 2. The van der Waals surface area contributed by atoms with E-state index >= 15 is 0 Å². The number of halogens is 3. The SMILES string of the molecule is Cc1cc(Cl)c(Nc2nc3cc(Br)ccc3s2)cc1Cl. The lowest BCUT2D eigenvalue weighted by molar-refractivity contribution is 1.42. The number of aryl methyl sites for hydroxylation is 1. The molecule has 0 spiro atoms. The first-order valence-electron chi connectivity index (χ1n) is 5.82. The third-order valence-corrected chi connectivity index (χ3v) is 5.00. The Kier molecular flexibility index (Phi) is 3.91. The monoisotopic (exact) mass is 386 g/mol. The molecule has 0 bridgehead atoms. The molecular weight excluding hydrogens is 379 g/mol. The molecule has 0 atom stereocenters. The number of thiazole rings is 1. The van der Waals surface area contributed by atoms with Crippen LogP contribution in [0.2, 0.25) is 10.0 Å². The van der Waals surface area contributed by atoms with Gasteiger partial charge in [0.05, 0.1) is 20.9 Å². The molecule has 0 aliphatic carbocycles. The maximum absolute atomic E-state index is 6.22. The lowest BCUT2D eigenvalue weighted by atomic mass is 10.2. The van der Waals surface area contributed by atoms with Crippen LogP contribution in [0.1, 0.15) is 5.56 Å². The maximum Gasteiger partial charge on any atom is 0.188 e. The summed E-state index contributed by atoms with van der Waals surface area (Å²) in [5.74, 6) is 0. The van der Waals surface area contributed by atoms with Crippen molar-refractivity contribution in [1.82, 2.24) is 4.98 Å². The van der Waals surface area contributed by atoms with Crippen molar-refractivity contribution >= 4 is 71.5 Å². The number of nitrogens with one attached hydrogen (secondary N) is 1. The Balaban J connectivity index is 1.99. The van der Waals surface area contributed by atoms with Gasteiger partial charge in [0.1, 0.15) is 0 Å². The second-order valence-corrected chi connectivity index (χ2v) is 7.10. The third-order valence-electron chi connectivity index (χ3n) is 2.84. The van der Waals surface area contributed by atoms with E-state index in [1.54, 1.807) is 11.3 Å². The molecule has 0 aliphatic rings. The molecular formula is C14H9BrCl2N2S. The molecule has 2 aromatic carbocycles. The van der Waals surface area contributed by atoms with Crippen molar-refractivity contribution in [2.45, 2.75) is 6.92 Å². The van der Waals surface area contributed by atoms with Gasteiger partial charge in [0.25, 0.3) is 0 Å². The highest BCUT2D eigenvalue weighted by atomic mass is 79.9. The van der Waals surface area contributed by atoms with Crippen molar-refractivity contribution in [3.8, 4) is 0 Å². The first kappa shape index (κ1) is 14.1. The molecule has 3 aromatic rings. The smallest absolute Gasteiger partial charge is 0.188 e. The Bertz CT molecular complexity index is 801. The van der Waals surface area contributed by atoms with Gasteiger partial charge in [0.2, 0.25) is 0 Å². The molecule has 1 aromatic heterocycles. The van der Waals surface area contributed by atoms with E-state index in [1.807, 2.05) is 37.3 Å².